The smallest absolute Gasteiger partial charge is 0.381 e. The molecule has 0 unspecified atom stereocenters. The Kier molecular flexibility index (Phi) is 2.11. The van der Waals surface area contributed by atoms with Gasteiger partial charge in [0.05, 0.1) is 17.6 Å². The van der Waals surface area contributed by atoms with Gasteiger partial charge in [-0.25, -0.2) is 9.50 Å². The van der Waals surface area contributed by atoms with E-state index in [1.807, 2.05) is 0 Å². The summed E-state index contributed by atoms with van der Waals surface area (Å²) in [5, 5.41) is 6.70. The van der Waals surface area contributed by atoms with Crippen LogP contribution in [-0.2, 0) is 5.41 Å². The van der Waals surface area contributed by atoms with Crippen LogP contribution >= 0.6 is 11.6 Å². The van der Waals surface area contributed by atoms with Gasteiger partial charge in [-0.15, -0.1) is 0 Å². The molecule has 2 aromatic rings. The number of rotatable bonds is 0. The third-order valence-corrected chi connectivity index (χ3v) is 3.42. The van der Waals surface area contributed by atoms with Crippen molar-refractivity contribution in [2.24, 2.45) is 0 Å². The van der Waals surface area contributed by atoms with Crippen LogP contribution in [-0.4, -0.2) is 27.3 Å². The molecule has 96 valence electrons. The summed E-state index contributed by atoms with van der Waals surface area (Å²) in [7, 11) is 0. The number of fused-ring (bicyclic) bond motifs is 3. The van der Waals surface area contributed by atoms with Gasteiger partial charge in [0.1, 0.15) is 5.41 Å². The molecule has 2 aromatic heterocycles. The molecular formula is C10H8ClF3N4. The minimum atomic E-state index is -4.38. The van der Waals surface area contributed by atoms with Crippen molar-refractivity contribution in [1.29, 1.82) is 0 Å². The Morgan fingerprint density at radius 1 is 1.50 bits per heavy atom. The fourth-order valence-corrected chi connectivity index (χ4v) is 2.33. The molecule has 0 aliphatic carbocycles. The second-order valence-corrected chi connectivity index (χ2v) is 4.83. The average molecular weight is 277 g/mol. The minimum absolute atomic E-state index is 0.0481. The molecule has 1 aliphatic rings. The van der Waals surface area contributed by atoms with Gasteiger partial charge in [0.25, 0.3) is 0 Å². The zero-order valence-corrected chi connectivity index (χ0v) is 9.97. The number of hydrogen-bond acceptors (Lipinski definition) is 3. The van der Waals surface area contributed by atoms with Crippen molar-refractivity contribution in [2.75, 3.05) is 11.9 Å². The van der Waals surface area contributed by atoms with Gasteiger partial charge in [0.2, 0.25) is 0 Å². The van der Waals surface area contributed by atoms with Crippen LogP contribution in [0.2, 0.25) is 5.15 Å². The maximum atomic E-state index is 13.2. The second kappa shape index (κ2) is 3.28. The molecule has 0 bridgehead atoms. The van der Waals surface area contributed by atoms with E-state index in [0.717, 1.165) is 11.4 Å². The number of alkyl halides is 3. The highest BCUT2D eigenvalue weighted by Crippen LogP contribution is 2.47. The predicted molar refractivity (Wildman–Crippen MR) is 59.9 cm³/mol. The van der Waals surface area contributed by atoms with E-state index in [-0.39, 0.29) is 17.4 Å². The summed E-state index contributed by atoms with van der Waals surface area (Å²) in [5.41, 5.74) is -1.31. The quantitative estimate of drug-likeness (QED) is 0.804. The molecule has 1 N–H and O–H groups in total. The molecule has 0 amide bonds. The lowest BCUT2D eigenvalue weighted by Crippen LogP contribution is -2.42. The van der Waals surface area contributed by atoms with Crippen molar-refractivity contribution in [3.63, 3.8) is 0 Å². The zero-order valence-electron chi connectivity index (χ0n) is 9.22. The average Bonchev–Trinajstić information content (AvgIpc) is 2.78. The van der Waals surface area contributed by atoms with E-state index < -0.39 is 11.6 Å². The number of halogens is 4. The number of hydrogen-bond donors (Lipinski definition) is 1. The van der Waals surface area contributed by atoms with Crippen molar-refractivity contribution >= 4 is 22.9 Å². The van der Waals surface area contributed by atoms with Gasteiger partial charge in [0.15, 0.2) is 10.8 Å². The number of nitrogens with zero attached hydrogens (tertiary/aromatic N) is 3. The molecule has 3 heterocycles. The highest BCUT2D eigenvalue weighted by molar-refractivity contribution is 6.29. The maximum absolute atomic E-state index is 13.2. The Morgan fingerprint density at radius 3 is 2.89 bits per heavy atom. The van der Waals surface area contributed by atoms with Gasteiger partial charge in [-0.1, -0.05) is 11.6 Å². The molecule has 18 heavy (non-hydrogen) atoms. The number of nitrogens with one attached hydrogen (secondary N) is 1. The summed E-state index contributed by atoms with van der Waals surface area (Å²) >= 11 is 5.72. The van der Waals surface area contributed by atoms with Gasteiger partial charge in [0, 0.05) is 12.6 Å². The van der Waals surface area contributed by atoms with Gasteiger partial charge in [-0.05, 0) is 6.92 Å². The SMILES string of the molecule is C[C@]1(C(F)(F)F)CNc2cnc3cc(Cl)nn3c21. The van der Waals surface area contributed by atoms with Crippen molar-refractivity contribution in [3.05, 3.63) is 23.1 Å². The fourth-order valence-electron chi connectivity index (χ4n) is 2.16. The molecule has 0 saturated carbocycles. The van der Waals surface area contributed by atoms with Crippen molar-refractivity contribution in [2.45, 2.75) is 18.5 Å². The normalized spacial score (nSPS) is 23.2. The van der Waals surface area contributed by atoms with Crippen LogP contribution < -0.4 is 5.32 Å². The fraction of sp³-hybridized carbons (Fsp3) is 0.400. The molecule has 3 rings (SSSR count). The molecule has 8 heteroatoms. The van der Waals surface area contributed by atoms with E-state index >= 15 is 0 Å². The summed E-state index contributed by atoms with van der Waals surface area (Å²) in [6.45, 7) is 0.908. The second-order valence-electron chi connectivity index (χ2n) is 4.44. The van der Waals surface area contributed by atoms with Crippen LogP contribution in [0.15, 0.2) is 12.3 Å². The summed E-state index contributed by atoms with van der Waals surface area (Å²) in [4.78, 5) is 4.01. The standard InChI is InChI=1S/C10H8ClF3N4/c1-9(10(12,13)14)4-16-5-3-15-7-2-6(11)17-18(7)8(5)9/h2-3,16H,4H2,1H3/t9-/m0/s1. The summed E-state index contributed by atoms with van der Waals surface area (Å²) < 4.78 is 40.8. The Balaban J connectivity index is 2.35. The van der Waals surface area contributed by atoms with Gasteiger partial charge >= 0.3 is 6.18 Å². The lowest BCUT2D eigenvalue weighted by Gasteiger charge is -2.27. The molecule has 0 aromatic carbocycles. The Labute approximate surface area is 105 Å². The van der Waals surface area contributed by atoms with Gasteiger partial charge in [-0.3, -0.25) is 0 Å². The zero-order chi connectivity index (χ0) is 13.1. The first kappa shape index (κ1) is 11.6. The maximum Gasteiger partial charge on any atom is 0.401 e. The van der Waals surface area contributed by atoms with Gasteiger partial charge in [-0.2, -0.15) is 18.3 Å². The molecule has 1 atom stereocenters. The summed E-state index contributed by atoms with van der Waals surface area (Å²) in [5.74, 6) is 0. The number of aromatic nitrogens is 3. The van der Waals surface area contributed by atoms with Crippen LogP contribution in [0.3, 0.4) is 0 Å². The summed E-state index contributed by atoms with van der Waals surface area (Å²) in [6, 6.07) is 1.43. The first-order valence-electron chi connectivity index (χ1n) is 5.18. The van der Waals surface area contributed by atoms with E-state index in [0.29, 0.717) is 11.3 Å². The molecule has 0 radical (unpaired) electrons. The van der Waals surface area contributed by atoms with E-state index in [4.69, 9.17) is 11.6 Å². The van der Waals surface area contributed by atoms with E-state index in [1.165, 1.54) is 12.3 Å². The van der Waals surface area contributed by atoms with E-state index in [1.54, 1.807) is 0 Å². The first-order valence-corrected chi connectivity index (χ1v) is 5.56. The Morgan fingerprint density at radius 2 is 2.22 bits per heavy atom. The van der Waals surface area contributed by atoms with E-state index in [9.17, 15) is 13.2 Å². The summed E-state index contributed by atoms with van der Waals surface area (Å²) in [6.07, 6.45) is -3.00. The third kappa shape index (κ3) is 1.33. The van der Waals surface area contributed by atoms with Crippen LogP contribution in [0, 0.1) is 0 Å². The Hall–Kier alpha value is -1.50. The lowest BCUT2D eigenvalue weighted by atomic mass is 9.88. The van der Waals surface area contributed by atoms with Crippen LogP contribution in [0.1, 0.15) is 12.6 Å². The van der Waals surface area contributed by atoms with Gasteiger partial charge < -0.3 is 5.32 Å². The molecular weight excluding hydrogens is 269 g/mol. The predicted octanol–water partition coefficient (Wildman–Crippen LogP) is 2.63. The topological polar surface area (TPSA) is 42.2 Å². The molecule has 1 aliphatic heterocycles. The molecule has 0 fully saturated rings. The molecule has 0 saturated heterocycles. The lowest BCUT2D eigenvalue weighted by molar-refractivity contribution is -0.181. The Bertz CT molecular complexity index is 636. The number of anilines is 1. The van der Waals surface area contributed by atoms with Crippen LogP contribution in [0.4, 0.5) is 18.9 Å². The third-order valence-electron chi connectivity index (χ3n) is 3.23. The van der Waals surface area contributed by atoms with Crippen molar-refractivity contribution in [1.82, 2.24) is 14.6 Å². The monoisotopic (exact) mass is 276 g/mol. The highest BCUT2D eigenvalue weighted by Gasteiger charge is 2.57. The highest BCUT2D eigenvalue weighted by atomic mass is 35.5. The van der Waals surface area contributed by atoms with E-state index in [2.05, 4.69) is 15.4 Å². The van der Waals surface area contributed by atoms with Crippen molar-refractivity contribution in [3.8, 4) is 0 Å². The van der Waals surface area contributed by atoms with Crippen LogP contribution in [0.25, 0.3) is 5.65 Å². The molecule has 0 spiro atoms. The van der Waals surface area contributed by atoms with Crippen molar-refractivity contribution < 1.29 is 13.2 Å². The molecule has 4 nitrogen and oxygen atoms in total. The minimum Gasteiger partial charge on any atom is -0.381 e. The first-order chi connectivity index (χ1) is 8.33. The largest absolute Gasteiger partial charge is 0.401 e. The van der Waals surface area contributed by atoms with Crippen LogP contribution in [0.5, 0.6) is 0 Å².